The van der Waals surface area contributed by atoms with Crippen LogP contribution in [0.3, 0.4) is 0 Å². The fourth-order valence-electron chi connectivity index (χ4n) is 2.67. The molecular formula is C16H24N2O. The number of anilines is 1. The van der Waals surface area contributed by atoms with Gasteiger partial charge in [0.2, 0.25) is 0 Å². The van der Waals surface area contributed by atoms with Gasteiger partial charge in [-0.15, -0.1) is 0 Å². The molecule has 0 heterocycles. The summed E-state index contributed by atoms with van der Waals surface area (Å²) in [5.74, 6) is 1.76. The molecule has 1 unspecified atom stereocenters. The standard InChI is InChI=1S/C16H24N2O/c17-15-3-1-2-14(8-15)16(19)11-18(9-12-4-5-12)10-13-6-7-13/h1-3,8,12-13,16,19H,4-7,9-11,17H2. The van der Waals surface area contributed by atoms with E-state index in [9.17, 15) is 5.11 Å². The Labute approximate surface area is 115 Å². The first kappa shape index (κ1) is 12.9. The average molecular weight is 260 g/mol. The molecule has 0 amide bonds. The van der Waals surface area contributed by atoms with Crippen molar-refractivity contribution in [2.24, 2.45) is 11.8 Å². The maximum atomic E-state index is 10.4. The molecule has 3 heteroatoms. The number of rotatable bonds is 7. The molecular weight excluding hydrogens is 236 g/mol. The van der Waals surface area contributed by atoms with Gasteiger partial charge in [-0.05, 0) is 55.2 Å². The molecule has 104 valence electrons. The molecule has 0 spiro atoms. The van der Waals surface area contributed by atoms with Crippen molar-refractivity contribution in [2.45, 2.75) is 31.8 Å². The van der Waals surface area contributed by atoms with Crippen molar-refractivity contribution in [1.29, 1.82) is 0 Å². The van der Waals surface area contributed by atoms with Crippen molar-refractivity contribution in [3.63, 3.8) is 0 Å². The molecule has 1 aromatic carbocycles. The molecule has 19 heavy (non-hydrogen) atoms. The number of hydrogen-bond donors (Lipinski definition) is 2. The van der Waals surface area contributed by atoms with Crippen LogP contribution in [0.2, 0.25) is 0 Å². The maximum Gasteiger partial charge on any atom is 0.0917 e. The summed E-state index contributed by atoms with van der Waals surface area (Å²) in [6.07, 6.45) is 5.07. The third kappa shape index (κ3) is 3.95. The molecule has 2 saturated carbocycles. The maximum absolute atomic E-state index is 10.4. The van der Waals surface area contributed by atoms with Crippen molar-refractivity contribution < 1.29 is 5.11 Å². The number of nitrogens with two attached hydrogens (primary N) is 1. The molecule has 2 fully saturated rings. The highest BCUT2D eigenvalue weighted by molar-refractivity contribution is 5.41. The van der Waals surface area contributed by atoms with Gasteiger partial charge in [0.1, 0.15) is 0 Å². The Morgan fingerprint density at radius 1 is 1.16 bits per heavy atom. The Balaban J connectivity index is 1.59. The number of aliphatic hydroxyl groups excluding tert-OH is 1. The van der Waals surface area contributed by atoms with Crippen molar-refractivity contribution in [2.75, 3.05) is 25.4 Å². The third-order valence-electron chi connectivity index (χ3n) is 4.15. The molecule has 1 aromatic rings. The minimum atomic E-state index is -0.416. The number of nitrogens with zero attached hydrogens (tertiary/aromatic N) is 1. The first-order valence-corrected chi connectivity index (χ1v) is 7.46. The van der Waals surface area contributed by atoms with Crippen LogP contribution in [-0.2, 0) is 0 Å². The monoisotopic (exact) mass is 260 g/mol. The minimum absolute atomic E-state index is 0.416. The van der Waals surface area contributed by atoms with Gasteiger partial charge in [0.25, 0.3) is 0 Å². The highest BCUT2D eigenvalue weighted by Crippen LogP contribution is 2.34. The van der Waals surface area contributed by atoms with Crippen molar-refractivity contribution >= 4 is 5.69 Å². The highest BCUT2D eigenvalue weighted by Gasteiger charge is 2.30. The van der Waals surface area contributed by atoms with Gasteiger partial charge in [-0.1, -0.05) is 12.1 Å². The fourth-order valence-corrected chi connectivity index (χ4v) is 2.67. The van der Waals surface area contributed by atoms with Crippen LogP contribution in [0.4, 0.5) is 5.69 Å². The van der Waals surface area contributed by atoms with Crippen LogP contribution in [0.25, 0.3) is 0 Å². The Bertz CT molecular complexity index is 413. The van der Waals surface area contributed by atoms with Gasteiger partial charge in [-0.3, -0.25) is 4.90 Å². The number of hydrogen-bond acceptors (Lipinski definition) is 3. The second-order valence-corrected chi connectivity index (χ2v) is 6.29. The topological polar surface area (TPSA) is 49.5 Å². The van der Waals surface area contributed by atoms with Gasteiger partial charge in [0.15, 0.2) is 0 Å². The first-order valence-electron chi connectivity index (χ1n) is 7.46. The van der Waals surface area contributed by atoms with E-state index in [2.05, 4.69) is 4.90 Å². The van der Waals surface area contributed by atoms with Crippen molar-refractivity contribution in [1.82, 2.24) is 4.90 Å². The lowest BCUT2D eigenvalue weighted by Crippen LogP contribution is -2.32. The lowest BCUT2D eigenvalue weighted by molar-refractivity contribution is 0.107. The van der Waals surface area contributed by atoms with E-state index in [0.717, 1.165) is 42.7 Å². The van der Waals surface area contributed by atoms with E-state index in [1.165, 1.54) is 25.7 Å². The molecule has 0 aromatic heterocycles. The molecule has 2 aliphatic rings. The van der Waals surface area contributed by atoms with E-state index in [1.807, 2.05) is 24.3 Å². The van der Waals surface area contributed by atoms with E-state index >= 15 is 0 Å². The van der Waals surface area contributed by atoms with Gasteiger partial charge >= 0.3 is 0 Å². The number of nitrogen functional groups attached to an aromatic ring is 1. The zero-order valence-electron chi connectivity index (χ0n) is 11.5. The van der Waals surface area contributed by atoms with Gasteiger partial charge in [-0.2, -0.15) is 0 Å². The predicted molar refractivity (Wildman–Crippen MR) is 77.7 cm³/mol. The predicted octanol–water partition coefficient (Wildman–Crippen LogP) is 2.42. The summed E-state index contributed by atoms with van der Waals surface area (Å²) in [5.41, 5.74) is 7.45. The summed E-state index contributed by atoms with van der Waals surface area (Å²) >= 11 is 0. The molecule has 0 radical (unpaired) electrons. The molecule has 3 N–H and O–H groups in total. The molecule has 3 rings (SSSR count). The van der Waals surface area contributed by atoms with Gasteiger partial charge < -0.3 is 10.8 Å². The van der Waals surface area contributed by atoms with Crippen LogP contribution < -0.4 is 5.73 Å². The minimum Gasteiger partial charge on any atom is -0.399 e. The summed E-state index contributed by atoms with van der Waals surface area (Å²) in [6.45, 7) is 3.07. The van der Waals surface area contributed by atoms with Gasteiger partial charge in [-0.25, -0.2) is 0 Å². The van der Waals surface area contributed by atoms with Crippen molar-refractivity contribution in [3.05, 3.63) is 29.8 Å². The van der Waals surface area contributed by atoms with E-state index in [1.54, 1.807) is 0 Å². The Kier molecular flexibility index (Phi) is 3.76. The van der Waals surface area contributed by atoms with E-state index in [-0.39, 0.29) is 0 Å². The second kappa shape index (κ2) is 5.51. The van der Waals surface area contributed by atoms with Crippen LogP contribution >= 0.6 is 0 Å². The zero-order valence-corrected chi connectivity index (χ0v) is 11.5. The van der Waals surface area contributed by atoms with E-state index < -0.39 is 6.10 Å². The van der Waals surface area contributed by atoms with Gasteiger partial charge in [0.05, 0.1) is 6.10 Å². The molecule has 2 aliphatic carbocycles. The fraction of sp³-hybridized carbons (Fsp3) is 0.625. The van der Waals surface area contributed by atoms with Crippen LogP contribution in [0.1, 0.15) is 37.4 Å². The summed E-state index contributed by atoms with van der Waals surface area (Å²) in [4.78, 5) is 2.46. The largest absolute Gasteiger partial charge is 0.399 e. The molecule has 3 nitrogen and oxygen atoms in total. The van der Waals surface area contributed by atoms with Crippen LogP contribution in [0.15, 0.2) is 24.3 Å². The molecule has 0 saturated heterocycles. The van der Waals surface area contributed by atoms with E-state index in [4.69, 9.17) is 5.73 Å². The summed E-state index contributed by atoms with van der Waals surface area (Å²) in [6, 6.07) is 7.63. The molecule has 0 bridgehead atoms. The zero-order chi connectivity index (χ0) is 13.2. The van der Waals surface area contributed by atoms with Crippen LogP contribution in [0, 0.1) is 11.8 Å². The second-order valence-electron chi connectivity index (χ2n) is 6.29. The number of benzene rings is 1. The Morgan fingerprint density at radius 3 is 2.32 bits per heavy atom. The Morgan fingerprint density at radius 2 is 1.79 bits per heavy atom. The normalized spacial score (nSPS) is 20.7. The van der Waals surface area contributed by atoms with Crippen molar-refractivity contribution in [3.8, 4) is 0 Å². The van der Waals surface area contributed by atoms with Crippen LogP contribution in [0.5, 0.6) is 0 Å². The Hall–Kier alpha value is -1.06. The quantitative estimate of drug-likeness (QED) is 0.740. The first-order chi connectivity index (χ1) is 9.20. The summed E-state index contributed by atoms with van der Waals surface area (Å²) < 4.78 is 0. The molecule has 0 aliphatic heterocycles. The summed E-state index contributed by atoms with van der Waals surface area (Å²) in [5, 5.41) is 10.4. The third-order valence-corrected chi connectivity index (χ3v) is 4.15. The number of aliphatic hydroxyl groups is 1. The summed E-state index contributed by atoms with van der Waals surface area (Å²) in [7, 11) is 0. The lowest BCUT2D eigenvalue weighted by Gasteiger charge is -2.25. The lowest BCUT2D eigenvalue weighted by atomic mass is 10.1. The van der Waals surface area contributed by atoms with Gasteiger partial charge in [0, 0.05) is 25.3 Å². The average Bonchev–Trinajstić information content (AvgIpc) is 3.25. The van der Waals surface area contributed by atoms with E-state index in [0.29, 0.717) is 0 Å². The SMILES string of the molecule is Nc1cccc(C(O)CN(CC2CC2)CC2CC2)c1. The molecule has 1 atom stereocenters. The highest BCUT2D eigenvalue weighted by atomic mass is 16.3. The van der Waals surface area contributed by atoms with Crippen LogP contribution in [-0.4, -0.2) is 29.6 Å². The smallest absolute Gasteiger partial charge is 0.0917 e.